The van der Waals surface area contributed by atoms with Gasteiger partial charge in [-0.25, -0.2) is 9.37 Å². The first-order valence-electron chi connectivity index (χ1n) is 5.22. The van der Waals surface area contributed by atoms with Crippen LogP contribution in [0.1, 0.15) is 6.92 Å². The van der Waals surface area contributed by atoms with E-state index in [1.54, 1.807) is 31.3 Å². The highest BCUT2D eigenvalue weighted by Crippen LogP contribution is 2.34. The van der Waals surface area contributed by atoms with Gasteiger partial charge in [0, 0.05) is 6.20 Å². The molecule has 0 saturated heterocycles. The summed E-state index contributed by atoms with van der Waals surface area (Å²) in [6, 6.07) is 5.22. The summed E-state index contributed by atoms with van der Waals surface area (Å²) in [6.07, 6.45) is 2.66. The molecule has 5 heteroatoms. The van der Waals surface area contributed by atoms with Crippen LogP contribution in [-0.4, -0.2) is 16.6 Å². The number of hydrogen-bond donors (Lipinski definition) is 1. The number of hydrogen-bond acceptors (Lipinski definition) is 4. The molecule has 2 heterocycles. The van der Waals surface area contributed by atoms with Crippen LogP contribution in [0.5, 0.6) is 5.75 Å². The number of anilines is 1. The summed E-state index contributed by atoms with van der Waals surface area (Å²) in [5, 5.41) is 0. The van der Waals surface area contributed by atoms with Crippen LogP contribution in [0.3, 0.4) is 0 Å². The van der Waals surface area contributed by atoms with Crippen molar-refractivity contribution in [1.82, 2.24) is 9.97 Å². The molecule has 2 aromatic rings. The molecule has 2 aromatic heterocycles. The largest absolute Gasteiger partial charge is 0.489 e. The molecule has 0 fully saturated rings. The normalized spacial score (nSPS) is 10.2. The molecule has 0 aliphatic heterocycles. The zero-order valence-corrected chi connectivity index (χ0v) is 9.35. The Labute approximate surface area is 98.3 Å². The van der Waals surface area contributed by atoms with E-state index in [9.17, 15) is 4.39 Å². The Morgan fingerprint density at radius 1 is 1.35 bits per heavy atom. The van der Waals surface area contributed by atoms with Gasteiger partial charge in [0.05, 0.1) is 24.1 Å². The van der Waals surface area contributed by atoms with E-state index in [4.69, 9.17) is 10.5 Å². The van der Waals surface area contributed by atoms with Gasteiger partial charge < -0.3 is 10.5 Å². The lowest BCUT2D eigenvalue weighted by molar-refractivity contribution is 0.340. The van der Waals surface area contributed by atoms with Crippen LogP contribution in [0.2, 0.25) is 0 Å². The maximum Gasteiger partial charge on any atom is 0.173 e. The van der Waals surface area contributed by atoms with Crippen molar-refractivity contribution >= 4 is 5.82 Å². The van der Waals surface area contributed by atoms with Crippen LogP contribution >= 0.6 is 0 Å². The Morgan fingerprint density at radius 3 is 2.82 bits per heavy atom. The van der Waals surface area contributed by atoms with E-state index < -0.39 is 5.82 Å². The summed E-state index contributed by atoms with van der Waals surface area (Å²) in [6.45, 7) is 2.18. The third-order valence-corrected chi connectivity index (χ3v) is 2.23. The van der Waals surface area contributed by atoms with Crippen molar-refractivity contribution < 1.29 is 9.13 Å². The van der Waals surface area contributed by atoms with Crippen molar-refractivity contribution in [2.45, 2.75) is 6.92 Å². The van der Waals surface area contributed by atoms with Gasteiger partial charge in [-0.3, -0.25) is 4.98 Å². The zero-order chi connectivity index (χ0) is 12.3. The minimum atomic E-state index is -0.499. The molecule has 2 N–H and O–H groups in total. The molecule has 0 amide bonds. The van der Waals surface area contributed by atoms with Crippen molar-refractivity contribution in [3.8, 4) is 17.0 Å². The Kier molecular flexibility index (Phi) is 3.18. The molecule has 0 radical (unpaired) electrons. The third kappa shape index (κ3) is 2.18. The summed E-state index contributed by atoms with van der Waals surface area (Å²) < 4.78 is 19.1. The number of aromatic nitrogens is 2. The molecule has 0 spiro atoms. The standard InChI is InChI=1S/C12H12FN3O/c1-2-17-11-10(8(13)7-16-12(11)14)9-5-3-4-6-15-9/h3-7H,2H2,1H3,(H2,14,16). The number of nitrogen functional groups attached to an aromatic ring is 1. The van der Waals surface area contributed by atoms with Gasteiger partial charge in [0.25, 0.3) is 0 Å². The lowest BCUT2D eigenvalue weighted by Crippen LogP contribution is -2.03. The Balaban J connectivity index is 2.63. The van der Waals surface area contributed by atoms with Crippen molar-refractivity contribution in [2.24, 2.45) is 0 Å². The number of ether oxygens (including phenoxy) is 1. The molecule has 0 aliphatic rings. The van der Waals surface area contributed by atoms with Crippen LogP contribution in [0.4, 0.5) is 10.2 Å². The average molecular weight is 233 g/mol. The van der Waals surface area contributed by atoms with Gasteiger partial charge in [0.15, 0.2) is 17.4 Å². The Hall–Kier alpha value is -2.17. The molecule has 0 bridgehead atoms. The summed E-state index contributed by atoms with van der Waals surface area (Å²) in [5.74, 6) is -0.0959. The van der Waals surface area contributed by atoms with Crippen molar-refractivity contribution in [3.63, 3.8) is 0 Å². The van der Waals surface area contributed by atoms with Gasteiger partial charge in [0.2, 0.25) is 0 Å². The number of nitrogens with zero attached hydrogens (tertiary/aromatic N) is 2. The quantitative estimate of drug-likeness (QED) is 0.883. The topological polar surface area (TPSA) is 61.0 Å². The first-order chi connectivity index (χ1) is 8.24. The molecular weight excluding hydrogens is 221 g/mol. The van der Waals surface area contributed by atoms with Crippen molar-refractivity contribution in [2.75, 3.05) is 12.3 Å². The SMILES string of the molecule is CCOc1c(N)ncc(F)c1-c1ccccn1. The molecule has 88 valence electrons. The van der Waals surface area contributed by atoms with E-state index in [1.165, 1.54) is 0 Å². The molecule has 4 nitrogen and oxygen atoms in total. The molecule has 0 atom stereocenters. The summed E-state index contributed by atoms with van der Waals surface area (Å²) in [7, 11) is 0. The molecule has 0 aromatic carbocycles. The van der Waals surface area contributed by atoms with Gasteiger partial charge in [-0.2, -0.15) is 0 Å². The first-order valence-corrected chi connectivity index (χ1v) is 5.22. The fourth-order valence-electron chi connectivity index (χ4n) is 1.53. The highest BCUT2D eigenvalue weighted by molar-refractivity contribution is 5.73. The second-order valence-electron chi connectivity index (χ2n) is 3.34. The maximum absolute atomic E-state index is 13.8. The van der Waals surface area contributed by atoms with Gasteiger partial charge in [-0.05, 0) is 19.1 Å². The van der Waals surface area contributed by atoms with Crippen LogP contribution in [0.15, 0.2) is 30.6 Å². The zero-order valence-electron chi connectivity index (χ0n) is 9.35. The molecular formula is C12H12FN3O. The second kappa shape index (κ2) is 4.78. The average Bonchev–Trinajstić information content (AvgIpc) is 2.35. The van der Waals surface area contributed by atoms with Crippen LogP contribution in [0.25, 0.3) is 11.3 Å². The molecule has 0 unspecified atom stereocenters. The van der Waals surface area contributed by atoms with Gasteiger partial charge in [0.1, 0.15) is 0 Å². The van der Waals surface area contributed by atoms with Crippen LogP contribution in [-0.2, 0) is 0 Å². The fourth-order valence-corrected chi connectivity index (χ4v) is 1.53. The predicted molar refractivity (Wildman–Crippen MR) is 63.0 cm³/mol. The molecule has 0 aliphatic carbocycles. The highest BCUT2D eigenvalue weighted by Gasteiger charge is 2.17. The molecule has 17 heavy (non-hydrogen) atoms. The minimum Gasteiger partial charge on any atom is -0.489 e. The Morgan fingerprint density at radius 2 is 2.18 bits per heavy atom. The van der Waals surface area contributed by atoms with Crippen molar-refractivity contribution in [3.05, 3.63) is 36.4 Å². The second-order valence-corrected chi connectivity index (χ2v) is 3.34. The third-order valence-electron chi connectivity index (χ3n) is 2.23. The number of nitrogens with two attached hydrogens (primary N) is 1. The number of pyridine rings is 2. The van der Waals surface area contributed by atoms with E-state index in [1.807, 2.05) is 0 Å². The monoisotopic (exact) mass is 233 g/mol. The van der Waals surface area contributed by atoms with E-state index in [0.717, 1.165) is 6.20 Å². The summed E-state index contributed by atoms with van der Waals surface area (Å²) >= 11 is 0. The maximum atomic E-state index is 13.8. The fraction of sp³-hybridized carbons (Fsp3) is 0.167. The predicted octanol–water partition coefficient (Wildman–Crippen LogP) is 2.26. The van der Waals surface area contributed by atoms with Gasteiger partial charge >= 0.3 is 0 Å². The summed E-state index contributed by atoms with van der Waals surface area (Å²) in [4.78, 5) is 7.82. The Bertz CT molecular complexity index is 517. The van der Waals surface area contributed by atoms with E-state index in [-0.39, 0.29) is 17.1 Å². The van der Waals surface area contributed by atoms with Crippen LogP contribution in [0, 0.1) is 5.82 Å². The number of rotatable bonds is 3. The van der Waals surface area contributed by atoms with Gasteiger partial charge in [-0.1, -0.05) is 6.07 Å². The lowest BCUT2D eigenvalue weighted by atomic mass is 10.1. The first kappa shape index (κ1) is 11.3. The van der Waals surface area contributed by atoms with E-state index in [2.05, 4.69) is 9.97 Å². The lowest BCUT2D eigenvalue weighted by Gasteiger charge is -2.12. The van der Waals surface area contributed by atoms with E-state index in [0.29, 0.717) is 12.3 Å². The molecule has 2 rings (SSSR count). The van der Waals surface area contributed by atoms with Crippen molar-refractivity contribution in [1.29, 1.82) is 0 Å². The minimum absolute atomic E-state index is 0.161. The summed E-state index contributed by atoms with van der Waals surface area (Å²) in [5.41, 5.74) is 6.41. The highest BCUT2D eigenvalue weighted by atomic mass is 19.1. The van der Waals surface area contributed by atoms with Crippen LogP contribution < -0.4 is 10.5 Å². The van der Waals surface area contributed by atoms with Gasteiger partial charge in [-0.15, -0.1) is 0 Å². The molecule has 0 saturated carbocycles. The number of halogens is 1. The smallest absolute Gasteiger partial charge is 0.173 e. The van der Waals surface area contributed by atoms with E-state index >= 15 is 0 Å².